The lowest BCUT2D eigenvalue weighted by Crippen LogP contribution is -2.50. The third-order valence-corrected chi connectivity index (χ3v) is 25.6. The van der Waals surface area contributed by atoms with Crippen LogP contribution in [0.2, 0.25) is 0 Å². The predicted molar refractivity (Wildman–Crippen MR) is 541 cm³/mol. The topological polar surface area (TPSA) is 278 Å². The Morgan fingerprint density at radius 3 is 0.993 bits per heavy atom. The van der Waals surface area contributed by atoms with Crippen LogP contribution >= 0.6 is 0 Å². The van der Waals surface area contributed by atoms with Crippen LogP contribution in [0.5, 0.6) is 0 Å². The minimum atomic E-state index is -1.05. The molecule has 136 heavy (non-hydrogen) atoms. The lowest BCUT2D eigenvalue weighted by atomic mass is 9.96. The Balaban J connectivity index is 0.000000136. The average molecular weight is 1790 g/mol. The number of carbonyl (C=O) groups is 3. The summed E-state index contributed by atoms with van der Waals surface area (Å²) in [6.07, 6.45) is 15.8. The van der Waals surface area contributed by atoms with Crippen molar-refractivity contribution in [3.05, 3.63) is 461 Å². The standard InChI is InChI=1S/C39H34N6O.C39H40N6O.C37H38N6O/c46-39(35-17-9-10-24-40-35)42-36(25-32-26-41-34-16-8-7-15-33(32)34)38-44-43-37(23-20-28-11-3-1-4-12-28)45(38)27-29-18-21-31(22-19-29)30-13-5-2-6-14-30;46-39(32-21-23-40-24-22-32)42-36(25-33-26-41-35-14-8-7-13-34(33)35)38-44-43-37(20-17-28-9-3-1-4-10-28)45(38)27-29-15-18-31(19-16-29)30-11-5-2-6-12-30;1-37(2,38)36(44)40-33(23-30-24-39-32-16-10-9-15-31(30)32)35-42-41-34(22-19-26-11-5-3-6-12-26)43(35)25-27-17-20-29(21-18-27)28-13-7-4-8-14-28/h1-19,21-22,24,26,36,41H,20,23,25,27H2,(H,42,46);1-16,18-19,26,32,36,40-41H,17,20-25,27H2,(H,42,46);3-18,20-21,24,33,39H,19,22-23,25,38H2,1-2H3,(H,40,44)/t2*36-;33-/m111/s1. The molecule has 8 heterocycles. The van der Waals surface area contributed by atoms with Gasteiger partial charge in [-0.1, -0.05) is 315 Å². The van der Waals surface area contributed by atoms with Crippen molar-refractivity contribution in [2.75, 3.05) is 13.1 Å². The Morgan fingerprint density at radius 1 is 0.346 bits per heavy atom. The Bertz CT molecular complexity index is 7090. The number of pyridine rings is 1. The zero-order valence-corrected chi connectivity index (χ0v) is 76.6. The molecule has 19 aromatic rings. The van der Waals surface area contributed by atoms with E-state index in [2.05, 4.69) is 322 Å². The smallest absolute Gasteiger partial charge is 0.270 e. The molecular formula is C115H112N18O3. The molecular weight excluding hydrogens is 1680 g/mol. The van der Waals surface area contributed by atoms with E-state index in [1.54, 1.807) is 32.2 Å². The molecule has 1 aliphatic heterocycles. The highest BCUT2D eigenvalue weighted by Gasteiger charge is 2.33. The van der Waals surface area contributed by atoms with E-state index in [0.717, 1.165) is 159 Å². The van der Waals surface area contributed by atoms with Crippen LogP contribution in [-0.2, 0) is 87.0 Å². The monoisotopic (exact) mass is 1790 g/mol. The molecule has 0 unspecified atom stereocenters. The van der Waals surface area contributed by atoms with Crippen molar-refractivity contribution in [1.82, 2.24) is 85.5 Å². The summed E-state index contributed by atoms with van der Waals surface area (Å²) in [6.45, 7) is 6.94. The maximum absolute atomic E-state index is 13.7. The Morgan fingerprint density at radius 2 is 0.654 bits per heavy atom. The summed E-state index contributed by atoms with van der Waals surface area (Å²) in [5.74, 6) is 4.49. The maximum Gasteiger partial charge on any atom is 0.270 e. The van der Waals surface area contributed by atoms with Gasteiger partial charge in [-0.3, -0.25) is 19.4 Å². The van der Waals surface area contributed by atoms with E-state index in [-0.39, 0.29) is 29.7 Å². The first-order valence-electron chi connectivity index (χ1n) is 47.1. The number of amides is 3. The number of piperidine rings is 1. The molecule has 3 amide bonds. The van der Waals surface area contributed by atoms with Gasteiger partial charge < -0.3 is 55.7 Å². The first kappa shape index (κ1) is 90.7. The van der Waals surface area contributed by atoms with Crippen molar-refractivity contribution in [1.29, 1.82) is 0 Å². The van der Waals surface area contributed by atoms with Crippen LogP contribution in [0.15, 0.2) is 371 Å². The van der Waals surface area contributed by atoms with Gasteiger partial charge in [-0.2, -0.15) is 0 Å². The molecule has 1 saturated heterocycles. The van der Waals surface area contributed by atoms with Gasteiger partial charge in [0.2, 0.25) is 11.8 Å². The molecule has 680 valence electrons. The predicted octanol–water partition coefficient (Wildman–Crippen LogP) is 20.4. The van der Waals surface area contributed by atoms with Crippen molar-refractivity contribution < 1.29 is 14.4 Å². The Labute approximate surface area is 792 Å². The van der Waals surface area contributed by atoms with Gasteiger partial charge in [0.25, 0.3) is 5.91 Å². The number of nitrogens with zero attached hydrogens (tertiary/aromatic N) is 10. The van der Waals surface area contributed by atoms with Crippen LogP contribution in [0.4, 0.5) is 0 Å². The Kier molecular flexibility index (Phi) is 29.1. The highest BCUT2D eigenvalue weighted by atomic mass is 16.2. The fraction of sp³-hybridized carbons (Fsp3) is 0.200. The van der Waals surface area contributed by atoms with E-state index >= 15 is 0 Å². The zero-order valence-electron chi connectivity index (χ0n) is 76.6. The summed E-state index contributed by atoms with van der Waals surface area (Å²) in [5.41, 5.74) is 26.3. The first-order valence-corrected chi connectivity index (χ1v) is 47.1. The molecule has 0 saturated carbocycles. The molecule has 0 radical (unpaired) electrons. The molecule has 3 atom stereocenters. The molecule has 0 bridgehead atoms. The second kappa shape index (κ2) is 43.7. The van der Waals surface area contributed by atoms with E-state index in [9.17, 15) is 14.4 Å². The summed E-state index contributed by atoms with van der Waals surface area (Å²) < 4.78 is 6.59. The summed E-state index contributed by atoms with van der Waals surface area (Å²) in [5, 5.41) is 45.2. The van der Waals surface area contributed by atoms with Crippen LogP contribution in [0, 0.1) is 5.92 Å². The van der Waals surface area contributed by atoms with E-state index in [4.69, 9.17) is 36.3 Å². The fourth-order valence-corrected chi connectivity index (χ4v) is 18.1. The molecule has 21 heteroatoms. The molecule has 20 rings (SSSR count). The number of rotatable bonds is 33. The number of carbonyl (C=O) groups excluding carboxylic acids is 3. The Hall–Kier alpha value is -15.8. The van der Waals surface area contributed by atoms with Crippen LogP contribution in [0.1, 0.15) is 140 Å². The van der Waals surface area contributed by atoms with E-state index < -0.39 is 17.6 Å². The molecule has 0 aliphatic carbocycles. The molecule has 9 N–H and O–H groups in total. The number of fused-ring (bicyclic) bond motifs is 3. The van der Waals surface area contributed by atoms with Gasteiger partial charge in [-0.05, 0) is 173 Å². The third kappa shape index (κ3) is 22.9. The van der Waals surface area contributed by atoms with Gasteiger partial charge in [0.1, 0.15) is 23.2 Å². The fourth-order valence-electron chi connectivity index (χ4n) is 18.1. The number of aromatic amines is 3. The zero-order chi connectivity index (χ0) is 92.8. The number of H-pyrrole nitrogens is 3. The van der Waals surface area contributed by atoms with Crippen molar-refractivity contribution >= 4 is 50.4 Å². The number of aryl methyl sites for hydroxylation is 6. The maximum atomic E-state index is 13.7. The minimum Gasteiger partial charge on any atom is -0.361 e. The van der Waals surface area contributed by atoms with Crippen molar-refractivity contribution in [2.24, 2.45) is 11.7 Å². The molecule has 1 aliphatic rings. The van der Waals surface area contributed by atoms with Crippen LogP contribution in [0.3, 0.4) is 0 Å². The van der Waals surface area contributed by atoms with Gasteiger partial charge in [-0.25, -0.2) is 0 Å². The largest absolute Gasteiger partial charge is 0.361 e. The van der Waals surface area contributed by atoms with Gasteiger partial charge in [0.05, 0.1) is 43.3 Å². The van der Waals surface area contributed by atoms with E-state index in [1.807, 2.05) is 85.2 Å². The number of nitrogens with two attached hydrogens (primary N) is 1. The normalized spacial score (nSPS) is 12.8. The molecule has 0 spiro atoms. The lowest BCUT2D eigenvalue weighted by molar-refractivity contribution is -0.127. The van der Waals surface area contributed by atoms with Gasteiger partial charge in [-0.15, -0.1) is 30.6 Å². The summed E-state index contributed by atoms with van der Waals surface area (Å²) in [6, 6.07) is 117. The highest BCUT2D eigenvalue weighted by Crippen LogP contribution is 2.33. The number of aromatic nitrogens is 13. The summed E-state index contributed by atoms with van der Waals surface area (Å²) >= 11 is 0. The molecule has 7 aromatic heterocycles. The number of nitrogens with one attached hydrogen (secondary N) is 7. The molecule has 21 nitrogen and oxygen atoms in total. The minimum absolute atomic E-state index is 0.00817. The quantitative estimate of drug-likeness (QED) is 0.0191. The van der Waals surface area contributed by atoms with Gasteiger partial charge in [0.15, 0.2) is 17.5 Å². The second-order valence-electron chi connectivity index (χ2n) is 35.6. The third-order valence-electron chi connectivity index (χ3n) is 25.6. The SMILES string of the molecule is CC(C)(N)C(=O)N[C@H](Cc1c[nH]c2ccccc12)c1nnc(CCc2ccccc2)n1Cc1ccc(-c2ccccc2)cc1.O=C(N[C@H](Cc1c[nH]c2ccccc12)c1nnc(CCc2ccccc2)n1Cc1ccc(-c2ccccc2)cc1)C1CCNCC1.O=C(N[C@H](Cc1c[nH]c2ccccc12)c1nnc(CCc2ccccc2)n1Cc1ccc(-c2ccccc2)cc1)c1ccccn1. The second-order valence-corrected chi connectivity index (χ2v) is 35.6. The van der Waals surface area contributed by atoms with Crippen molar-refractivity contribution in [3.8, 4) is 33.4 Å². The molecule has 12 aromatic carbocycles. The van der Waals surface area contributed by atoms with Crippen LogP contribution in [-0.4, -0.2) is 101 Å². The lowest BCUT2D eigenvalue weighted by Gasteiger charge is -2.26. The van der Waals surface area contributed by atoms with Gasteiger partial charge in [0, 0.05) is 102 Å². The van der Waals surface area contributed by atoms with E-state index in [0.29, 0.717) is 62.7 Å². The van der Waals surface area contributed by atoms with E-state index in [1.165, 1.54) is 38.9 Å². The first-order chi connectivity index (χ1) is 66.8. The summed E-state index contributed by atoms with van der Waals surface area (Å²) in [4.78, 5) is 55.0. The number of para-hydroxylation sites is 3. The van der Waals surface area contributed by atoms with Gasteiger partial charge >= 0.3 is 0 Å². The highest BCUT2D eigenvalue weighted by molar-refractivity contribution is 5.93. The number of hydrogen-bond donors (Lipinski definition) is 8. The van der Waals surface area contributed by atoms with Crippen LogP contribution < -0.4 is 27.0 Å². The van der Waals surface area contributed by atoms with Crippen molar-refractivity contribution in [2.45, 2.75) is 128 Å². The average Bonchev–Trinajstić information content (AvgIpc) is 1.65. The molecule has 1 fully saturated rings. The number of benzene rings is 12. The van der Waals surface area contributed by atoms with Crippen LogP contribution in [0.25, 0.3) is 66.1 Å². The number of hydrogen-bond acceptors (Lipinski definition) is 12. The van der Waals surface area contributed by atoms with Crippen molar-refractivity contribution in [3.63, 3.8) is 0 Å². The summed E-state index contributed by atoms with van der Waals surface area (Å²) in [7, 11) is 0.